The summed E-state index contributed by atoms with van der Waals surface area (Å²) in [6, 6.07) is 0.0626. The second-order valence-corrected chi connectivity index (χ2v) is 3.10. The molecule has 1 saturated carbocycles. The minimum atomic E-state index is -0.215. The molecule has 0 aliphatic heterocycles. The van der Waals surface area contributed by atoms with Crippen molar-refractivity contribution in [2.75, 3.05) is 0 Å². The monoisotopic (exact) mass is 193 g/mol. The number of rotatable bonds is 1. The summed E-state index contributed by atoms with van der Waals surface area (Å²) >= 11 is 0. The van der Waals surface area contributed by atoms with Gasteiger partial charge >= 0.3 is 5.97 Å². The quantitative estimate of drug-likeness (QED) is 0.638. The van der Waals surface area contributed by atoms with Crippen molar-refractivity contribution in [3.63, 3.8) is 0 Å². The van der Waals surface area contributed by atoms with Crippen LogP contribution in [-0.4, -0.2) is 18.1 Å². The highest BCUT2D eigenvalue weighted by Crippen LogP contribution is 2.19. The molecule has 0 spiro atoms. The normalized spacial score (nSPS) is 28.8. The first-order valence-corrected chi connectivity index (χ1v) is 4.13. The maximum Gasteiger partial charge on any atom is 0.302 e. The van der Waals surface area contributed by atoms with Gasteiger partial charge in [0.2, 0.25) is 0 Å². The molecule has 4 heteroatoms. The molecule has 0 amide bonds. The molecule has 0 aromatic heterocycles. The van der Waals surface area contributed by atoms with Gasteiger partial charge in [-0.1, -0.05) is 6.42 Å². The molecular formula is C8H16ClNO2. The van der Waals surface area contributed by atoms with E-state index in [0.29, 0.717) is 0 Å². The zero-order chi connectivity index (χ0) is 8.27. The molecule has 72 valence electrons. The highest BCUT2D eigenvalue weighted by molar-refractivity contribution is 5.85. The predicted octanol–water partition coefficient (Wildman–Crippen LogP) is 1.24. The van der Waals surface area contributed by atoms with Crippen LogP contribution >= 0.6 is 12.4 Å². The molecule has 1 fully saturated rings. The molecule has 1 aliphatic carbocycles. The van der Waals surface area contributed by atoms with Crippen molar-refractivity contribution in [2.45, 2.75) is 44.8 Å². The van der Waals surface area contributed by atoms with Crippen LogP contribution in [0.3, 0.4) is 0 Å². The number of nitrogens with two attached hydrogens (primary N) is 1. The standard InChI is InChI=1S/C8H15NO2.ClH/c1-6(10)11-8-5-3-2-4-7(8)9;/h7-8H,2-5,9H2,1H3;1H. The van der Waals surface area contributed by atoms with E-state index in [1.807, 2.05) is 0 Å². The second kappa shape index (κ2) is 5.38. The first-order chi connectivity index (χ1) is 5.20. The maximum absolute atomic E-state index is 10.6. The Kier molecular flexibility index (Phi) is 5.25. The van der Waals surface area contributed by atoms with E-state index in [1.165, 1.54) is 13.3 Å². The van der Waals surface area contributed by atoms with Gasteiger partial charge in [0.25, 0.3) is 0 Å². The summed E-state index contributed by atoms with van der Waals surface area (Å²) in [4.78, 5) is 10.6. The molecule has 2 atom stereocenters. The molecule has 1 aliphatic rings. The van der Waals surface area contributed by atoms with Gasteiger partial charge in [-0.2, -0.15) is 0 Å². The van der Waals surface area contributed by atoms with Gasteiger partial charge in [-0.3, -0.25) is 4.79 Å². The van der Waals surface area contributed by atoms with Gasteiger partial charge in [0.1, 0.15) is 6.10 Å². The third kappa shape index (κ3) is 3.41. The summed E-state index contributed by atoms with van der Waals surface area (Å²) in [7, 11) is 0. The maximum atomic E-state index is 10.6. The van der Waals surface area contributed by atoms with Crippen molar-refractivity contribution in [1.29, 1.82) is 0 Å². The van der Waals surface area contributed by atoms with Crippen LogP contribution in [-0.2, 0) is 9.53 Å². The van der Waals surface area contributed by atoms with Crippen LogP contribution in [0.15, 0.2) is 0 Å². The van der Waals surface area contributed by atoms with Crippen LogP contribution in [0.1, 0.15) is 32.6 Å². The van der Waals surface area contributed by atoms with Gasteiger partial charge in [-0.15, -0.1) is 12.4 Å². The Labute approximate surface area is 79.1 Å². The molecule has 0 radical (unpaired) electrons. The van der Waals surface area contributed by atoms with Crippen LogP contribution in [0.2, 0.25) is 0 Å². The fourth-order valence-electron chi connectivity index (χ4n) is 1.49. The van der Waals surface area contributed by atoms with Crippen molar-refractivity contribution in [3.05, 3.63) is 0 Å². The summed E-state index contributed by atoms with van der Waals surface area (Å²) in [5.74, 6) is -0.215. The molecule has 2 unspecified atom stereocenters. The van der Waals surface area contributed by atoms with Crippen LogP contribution < -0.4 is 5.73 Å². The number of halogens is 1. The van der Waals surface area contributed by atoms with Crippen molar-refractivity contribution in [2.24, 2.45) is 5.73 Å². The molecule has 0 saturated heterocycles. The Morgan fingerprint density at radius 3 is 2.50 bits per heavy atom. The van der Waals surface area contributed by atoms with E-state index in [2.05, 4.69) is 0 Å². The molecule has 0 aromatic rings. The molecule has 0 heterocycles. The minimum Gasteiger partial charge on any atom is -0.461 e. The summed E-state index contributed by atoms with van der Waals surface area (Å²) < 4.78 is 5.04. The van der Waals surface area contributed by atoms with Crippen LogP contribution in [0.5, 0.6) is 0 Å². The van der Waals surface area contributed by atoms with Gasteiger partial charge in [-0.05, 0) is 19.3 Å². The van der Waals surface area contributed by atoms with Crippen molar-refractivity contribution in [1.82, 2.24) is 0 Å². The predicted molar refractivity (Wildman–Crippen MR) is 49.2 cm³/mol. The molecule has 0 aromatic carbocycles. The highest BCUT2D eigenvalue weighted by Gasteiger charge is 2.23. The van der Waals surface area contributed by atoms with E-state index < -0.39 is 0 Å². The van der Waals surface area contributed by atoms with E-state index in [0.717, 1.165) is 19.3 Å². The Hall–Kier alpha value is -0.280. The number of esters is 1. The van der Waals surface area contributed by atoms with Crippen LogP contribution in [0.4, 0.5) is 0 Å². The Balaban J connectivity index is 0.00000121. The summed E-state index contributed by atoms with van der Waals surface area (Å²) in [5.41, 5.74) is 5.75. The first kappa shape index (κ1) is 11.7. The number of carbonyl (C=O) groups is 1. The lowest BCUT2D eigenvalue weighted by Gasteiger charge is -2.27. The average molecular weight is 194 g/mol. The molecule has 1 rings (SSSR count). The molecule has 0 bridgehead atoms. The molecule has 3 nitrogen and oxygen atoms in total. The zero-order valence-corrected chi connectivity index (χ0v) is 8.10. The molecule has 2 N–H and O–H groups in total. The lowest BCUT2D eigenvalue weighted by Crippen LogP contribution is -2.40. The van der Waals surface area contributed by atoms with Crippen molar-refractivity contribution < 1.29 is 9.53 Å². The van der Waals surface area contributed by atoms with Gasteiger partial charge in [0, 0.05) is 13.0 Å². The third-order valence-electron chi connectivity index (χ3n) is 2.07. The topological polar surface area (TPSA) is 52.3 Å². The Bertz CT molecular complexity index is 152. The van der Waals surface area contributed by atoms with E-state index in [9.17, 15) is 4.79 Å². The lowest BCUT2D eigenvalue weighted by molar-refractivity contribution is -0.148. The van der Waals surface area contributed by atoms with E-state index in [-0.39, 0.29) is 30.5 Å². The van der Waals surface area contributed by atoms with E-state index in [4.69, 9.17) is 10.5 Å². The number of hydrogen-bond acceptors (Lipinski definition) is 3. The van der Waals surface area contributed by atoms with E-state index in [1.54, 1.807) is 0 Å². The summed E-state index contributed by atoms with van der Waals surface area (Å²) in [6.45, 7) is 1.43. The third-order valence-corrected chi connectivity index (χ3v) is 2.07. The molecule has 12 heavy (non-hydrogen) atoms. The highest BCUT2D eigenvalue weighted by atomic mass is 35.5. The van der Waals surface area contributed by atoms with Crippen LogP contribution in [0, 0.1) is 0 Å². The van der Waals surface area contributed by atoms with Gasteiger partial charge < -0.3 is 10.5 Å². The average Bonchev–Trinajstić information content (AvgIpc) is 1.93. The fourth-order valence-corrected chi connectivity index (χ4v) is 1.49. The lowest BCUT2D eigenvalue weighted by atomic mass is 9.93. The number of hydrogen-bond donors (Lipinski definition) is 1. The van der Waals surface area contributed by atoms with Crippen molar-refractivity contribution >= 4 is 18.4 Å². The van der Waals surface area contributed by atoms with Gasteiger partial charge in [0.15, 0.2) is 0 Å². The fraction of sp³-hybridized carbons (Fsp3) is 0.875. The summed E-state index contributed by atoms with van der Waals surface area (Å²) in [5, 5.41) is 0. The second-order valence-electron chi connectivity index (χ2n) is 3.10. The Morgan fingerprint density at radius 1 is 1.42 bits per heavy atom. The summed E-state index contributed by atoms with van der Waals surface area (Å²) in [6.07, 6.45) is 4.18. The Morgan fingerprint density at radius 2 is 2.00 bits per heavy atom. The smallest absolute Gasteiger partial charge is 0.302 e. The first-order valence-electron chi connectivity index (χ1n) is 4.13. The van der Waals surface area contributed by atoms with E-state index >= 15 is 0 Å². The largest absolute Gasteiger partial charge is 0.461 e. The van der Waals surface area contributed by atoms with Crippen molar-refractivity contribution in [3.8, 4) is 0 Å². The number of carbonyl (C=O) groups excluding carboxylic acids is 1. The van der Waals surface area contributed by atoms with Gasteiger partial charge in [0.05, 0.1) is 0 Å². The number of ether oxygens (including phenoxy) is 1. The minimum absolute atomic E-state index is 0. The van der Waals surface area contributed by atoms with Crippen LogP contribution in [0.25, 0.3) is 0 Å². The molecular weight excluding hydrogens is 178 g/mol. The SMILES string of the molecule is CC(=O)OC1CCCCC1N.Cl. The zero-order valence-electron chi connectivity index (χ0n) is 7.29. The van der Waals surface area contributed by atoms with Gasteiger partial charge in [-0.25, -0.2) is 0 Å².